The maximum atomic E-state index is 11.8. The molecule has 0 saturated heterocycles. The van der Waals surface area contributed by atoms with Gasteiger partial charge in [-0.3, -0.25) is 9.59 Å². The van der Waals surface area contributed by atoms with Crippen LogP contribution in [0.1, 0.15) is 44.9 Å². The summed E-state index contributed by atoms with van der Waals surface area (Å²) in [5, 5.41) is 37.4. The molecule has 0 amide bonds. The number of ether oxygens (including phenoxy) is 2. The number of unbranched alkanes of at least 4 members (excludes halogenated alkanes) is 4. The highest BCUT2D eigenvalue weighted by molar-refractivity contribution is 5.73. The van der Waals surface area contributed by atoms with Gasteiger partial charge in [0.15, 0.2) is 0 Å². The highest BCUT2D eigenvalue weighted by Crippen LogP contribution is 2.27. The molecule has 0 spiro atoms. The molecule has 0 unspecified atom stereocenters. The number of hydrogen-bond acceptors (Lipinski definition) is 8. The van der Waals surface area contributed by atoms with Gasteiger partial charge in [-0.05, 0) is 12.8 Å². The summed E-state index contributed by atoms with van der Waals surface area (Å²) in [6, 6.07) is 7.26. The molecule has 0 atom stereocenters. The summed E-state index contributed by atoms with van der Waals surface area (Å²) in [6.07, 6.45) is 4.07. The van der Waals surface area contributed by atoms with Crippen LogP contribution in [-0.2, 0) is 9.59 Å². The fourth-order valence-electron chi connectivity index (χ4n) is 2.69. The van der Waals surface area contributed by atoms with Crippen LogP contribution < -0.4 is 9.47 Å². The molecule has 0 aromatic heterocycles. The van der Waals surface area contributed by atoms with Crippen molar-refractivity contribution in [1.82, 2.24) is 0 Å². The minimum absolute atomic E-state index is 0.0889. The summed E-state index contributed by atoms with van der Waals surface area (Å²) in [4.78, 5) is 23.5. The van der Waals surface area contributed by atoms with Gasteiger partial charge in [0, 0.05) is 49.2 Å². The van der Waals surface area contributed by atoms with Gasteiger partial charge in [0.25, 0.3) is 0 Å². The molecule has 0 aliphatic heterocycles. The third kappa shape index (κ3) is 8.42. The lowest BCUT2D eigenvalue weighted by molar-refractivity contribution is -0.135. The molecule has 0 aliphatic carbocycles. The Labute approximate surface area is 168 Å². The van der Waals surface area contributed by atoms with Crippen LogP contribution in [0.4, 0.5) is 0 Å². The lowest BCUT2D eigenvalue weighted by Crippen LogP contribution is -2.08. The first-order valence-corrected chi connectivity index (χ1v) is 9.29. The van der Waals surface area contributed by atoms with Crippen molar-refractivity contribution in [2.45, 2.75) is 44.9 Å². The van der Waals surface area contributed by atoms with E-state index >= 15 is 0 Å². The molecule has 4 N–H and O–H groups in total. The highest BCUT2D eigenvalue weighted by Gasteiger charge is 2.09. The van der Waals surface area contributed by atoms with Crippen molar-refractivity contribution < 1.29 is 39.5 Å². The number of phenols is 4. The summed E-state index contributed by atoms with van der Waals surface area (Å²) in [6.45, 7) is 0. The average molecular weight is 404 g/mol. The Hall–Kier alpha value is -3.42. The zero-order valence-electron chi connectivity index (χ0n) is 15.8. The van der Waals surface area contributed by atoms with Crippen molar-refractivity contribution in [1.29, 1.82) is 0 Å². The Balaban J connectivity index is 1.55. The van der Waals surface area contributed by atoms with Gasteiger partial charge in [0.2, 0.25) is 0 Å². The quantitative estimate of drug-likeness (QED) is 0.267. The Morgan fingerprint density at radius 2 is 0.862 bits per heavy atom. The van der Waals surface area contributed by atoms with Crippen LogP contribution in [-0.4, -0.2) is 32.4 Å². The van der Waals surface area contributed by atoms with Gasteiger partial charge < -0.3 is 29.9 Å². The predicted molar refractivity (Wildman–Crippen MR) is 103 cm³/mol. The van der Waals surface area contributed by atoms with E-state index in [1.54, 1.807) is 0 Å². The first kappa shape index (κ1) is 21.9. The van der Waals surface area contributed by atoms with Gasteiger partial charge in [-0.25, -0.2) is 0 Å². The van der Waals surface area contributed by atoms with E-state index in [2.05, 4.69) is 0 Å². The number of carbonyl (C=O) groups excluding carboxylic acids is 2. The summed E-state index contributed by atoms with van der Waals surface area (Å²) < 4.78 is 10.1. The summed E-state index contributed by atoms with van der Waals surface area (Å²) in [5.74, 6) is -1.48. The van der Waals surface area contributed by atoms with Crippen molar-refractivity contribution in [3.8, 4) is 34.5 Å². The Kier molecular flexibility index (Phi) is 8.14. The Morgan fingerprint density at radius 1 is 0.552 bits per heavy atom. The van der Waals surface area contributed by atoms with E-state index in [-0.39, 0.29) is 47.3 Å². The lowest BCUT2D eigenvalue weighted by atomic mass is 10.1. The molecule has 0 saturated carbocycles. The minimum atomic E-state index is -0.451. The summed E-state index contributed by atoms with van der Waals surface area (Å²) in [7, 11) is 0. The van der Waals surface area contributed by atoms with E-state index in [1.165, 1.54) is 24.3 Å². The fourth-order valence-corrected chi connectivity index (χ4v) is 2.69. The lowest BCUT2D eigenvalue weighted by Gasteiger charge is -2.06. The number of hydrogen-bond donors (Lipinski definition) is 4. The van der Waals surface area contributed by atoms with E-state index < -0.39 is 11.9 Å². The molecular formula is C21H24O8. The van der Waals surface area contributed by atoms with Gasteiger partial charge in [0.05, 0.1) is 0 Å². The SMILES string of the molecule is O=C(CCCCCCCC(=O)Oc1cc(O)cc(O)c1)Oc1cc(O)cc(O)c1. The van der Waals surface area contributed by atoms with Crippen LogP contribution in [0.2, 0.25) is 0 Å². The second-order valence-corrected chi connectivity index (χ2v) is 6.59. The van der Waals surface area contributed by atoms with Crippen molar-refractivity contribution in [3.63, 3.8) is 0 Å². The largest absolute Gasteiger partial charge is 0.508 e. The number of aromatic hydroxyl groups is 4. The number of benzene rings is 2. The number of rotatable bonds is 10. The number of carbonyl (C=O) groups is 2. The molecule has 2 aromatic carbocycles. The molecular weight excluding hydrogens is 380 g/mol. The van der Waals surface area contributed by atoms with Gasteiger partial charge >= 0.3 is 11.9 Å². The maximum Gasteiger partial charge on any atom is 0.311 e. The van der Waals surface area contributed by atoms with Gasteiger partial charge in [-0.1, -0.05) is 19.3 Å². The Bertz CT molecular complexity index is 737. The normalized spacial score (nSPS) is 10.5. The van der Waals surface area contributed by atoms with Crippen LogP contribution in [0.25, 0.3) is 0 Å². The van der Waals surface area contributed by atoms with Crippen LogP contribution in [0.3, 0.4) is 0 Å². The number of esters is 2. The first-order valence-electron chi connectivity index (χ1n) is 9.29. The monoisotopic (exact) mass is 404 g/mol. The molecule has 0 fully saturated rings. The molecule has 8 nitrogen and oxygen atoms in total. The molecule has 0 heterocycles. The zero-order valence-corrected chi connectivity index (χ0v) is 15.8. The van der Waals surface area contributed by atoms with Gasteiger partial charge in [-0.2, -0.15) is 0 Å². The second kappa shape index (κ2) is 10.8. The Morgan fingerprint density at radius 3 is 1.21 bits per heavy atom. The topological polar surface area (TPSA) is 134 Å². The molecule has 0 aliphatic rings. The summed E-state index contributed by atoms with van der Waals surface area (Å²) in [5.41, 5.74) is 0. The van der Waals surface area contributed by atoms with Crippen molar-refractivity contribution in [2.75, 3.05) is 0 Å². The van der Waals surface area contributed by atoms with Gasteiger partial charge in [0.1, 0.15) is 34.5 Å². The van der Waals surface area contributed by atoms with E-state index in [0.717, 1.165) is 31.4 Å². The number of phenolic OH excluding ortho intramolecular Hbond substituents is 4. The third-order valence-electron chi connectivity index (χ3n) is 3.98. The third-order valence-corrected chi connectivity index (χ3v) is 3.98. The molecule has 8 heteroatoms. The van der Waals surface area contributed by atoms with Crippen LogP contribution >= 0.6 is 0 Å². The maximum absolute atomic E-state index is 11.8. The van der Waals surface area contributed by atoms with Crippen molar-refractivity contribution >= 4 is 11.9 Å². The zero-order chi connectivity index (χ0) is 21.2. The van der Waals surface area contributed by atoms with E-state index in [0.29, 0.717) is 12.8 Å². The summed E-state index contributed by atoms with van der Waals surface area (Å²) >= 11 is 0. The smallest absolute Gasteiger partial charge is 0.311 e. The molecule has 2 rings (SSSR count). The first-order chi connectivity index (χ1) is 13.8. The fraction of sp³-hybridized carbons (Fsp3) is 0.333. The van der Waals surface area contributed by atoms with E-state index in [1.807, 2.05) is 0 Å². The minimum Gasteiger partial charge on any atom is -0.508 e. The van der Waals surface area contributed by atoms with E-state index in [9.17, 15) is 30.0 Å². The molecule has 156 valence electrons. The van der Waals surface area contributed by atoms with E-state index in [4.69, 9.17) is 9.47 Å². The standard InChI is InChI=1S/C21H24O8/c22-14-8-15(23)11-18(10-14)28-20(26)6-4-2-1-3-5-7-21(27)29-19-12-16(24)9-17(25)13-19/h8-13,22-25H,1-7H2. The second-order valence-electron chi connectivity index (χ2n) is 6.59. The average Bonchev–Trinajstić information content (AvgIpc) is 2.59. The van der Waals surface area contributed by atoms with Crippen molar-refractivity contribution in [2.24, 2.45) is 0 Å². The van der Waals surface area contributed by atoms with Crippen LogP contribution in [0, 0.1) is 0 Å². The molecule has 29 heavy (non-hydrogen) atoms. The molecule has 0 radical (unpaired) electrons. The molecule has 2 aromatic rings. The van der Waals surface area contributed by atoms with Crippen molar-refractivity contribution in [3.05, 3.63) is 36.4 Å². The predicted octanol–water partition coefficient (Wildman–Crippen LogP) is 3.75. The highest BCUT2D eigenvalue weighted by atomic mass is 16.5. The molecule has 0 bridgehead atoms. The van der Waals surface area contributed by atoms with Crippen LogP contribution in [0.5, 0.6) is 34.5 Å². The van der Waals surface area contributed by atoms with Gasteiger partial charge in [-0.15, -0.1) is 0 Å². The van der Waals surface area contributed by atoms with Crippen LogP contribution in [0.15, 0.2) is 36.4 Å².